The average Bonchev–Trinajstić information content (AvgIpc) is 1.96. The largest absolute Gasteiger partial charge is 0.0917 e. The molecule has 0 saturated heterocycles. The Morgan fingerprint density at radius 3 is 2.55 bits per heavy atom. The first-order valence-corrected chi connectivity index (χ1v) is 5.44. The Kier molecular flexibility index (Phi) is 8.48. The average molecular weight is 219 g/mol. The standard InChI is InChI=1S/C10H19Br/c1-3-4-5-6-7-8-9-10(2)11/h3-4,10H,5-9H2,1-2H3. The molecule has 0 aromatic carbocycles. The van der Waals surface area contributed by atoms with Gasteiger partial charge in [0.25, 0.3) is 0 Å². The minimum Gasteiger partial charge on any atom is -0.0917 e. The second-order valence-electron chi connectivity index (χ2n) is 2.99. The van der Waals surface area contributed by atoms with Gasteiger partial charge in [-0.3, -0.25) is 0 Å². The lowest BCUT2D eigenvalue weighted by atomic mass is 10.1. The molecule has 0 bridgehead atoms. The fourth-order valence-corrected chi connectivity index (χ4v) is 1.35. The zero-order valence-electron chi connectivity index (χ0n) is 7.65. The van der Waals surface area contributed by atoms with Crippen molar-refractivity contribution in [3.63, 3.8) is 0 Å². The second-order valence-corrected chi connectivity index (χ2v) is 4.55. The van der Waals surface area contributed by atoms with Gasteiger partial charge < -0.3 is 0 Å². The topological polar surface area (TPSA) is 0 Å². The predicted molar refractivity (Wildman–Crippen MR) is 56.3 cm³/mol. The molecule has 0 fully saturated rings. The molecular weight excluding hydrogens is 200 g/mol. The van der Waals surface area contributed by atoms with E-state index in [9.17, 15) is 0 Å². The van der Waals surface area contributed by atoms with Gasteiger partial charge in [-0.1, -0.05) is 47.8 Å². The fraction of sp³-hybridized carbons (Fsp3) is 0.800. The third kappa shape index (κ3) is 10.2. The molecule has 0 aliphatic carbocycles. The summed E-state index contributed by atoms with van der Waals surface area (Å²) in [6.45, 7) is 4.30. The van der Waals surface area contributed by atoms with Crippen molar-refractivity contribution in [3.8, 4) is 0 Å². The Morgan fingerprint density at radius 1 is 1.27 bits per heavy atom. The summed E-state index contributed by atoms with van der Waals surface area (Å²) in [6.07, 6.45) is 11.0. The van der Waals surface area contributed by atoms with Crippen LogP contribution in [-0.2, 0) is 0 Å². The van der Waals surface area contributed by atoms with Crippen molar-refractivity contribution in [3.05, 3.63) is 12.2 Å². The molecule has 0 heterocycles. The second kappa shape index (κ2) is 8.32. The van der Waals surface area contributed by atoms with E-state index >= 15 is 0 Å². The normalized spacial score (nSPS) is 14.1. The van der Waals surface area contributed by atoms with Crippen molar-refractivity contribution in [1.29, 1.82) is 0 Å². The molecule has 11 heavy (non-hydrogen) atoms. The third-order valence-electron chi connectivity index (χ3n) is 1.71. The molecule has 0 rings (SSSR count). The highest BCUT2D eigenvalue weighted by molar-refractivity contribution is 9.09. The number of halogens is 1. The number of alkyl halides is 1. The molecule has 0 radical (unpaired) electrons. The maximum absolute atomic E-state index is 3.54. The van der Waals surface area contributed by atoms with Gasteiger partial charge in [-0.05, 0) is 26.2 Å². The summed E-state index contributed by atoms with van der Waals surface area (Å²) in [7, 11) is 0. The summed E-state index contributed by atoms with van der Waals surface area (Å²) in [5, 5.41) is 0. The zero-order chi connectivity index (χ0) is 8.53. The van der Waals surface area contributed by atoms with E-state index < -0.39 is 0 Å². The molecule has 0 aromatic rings. The molecule has 1 heteroatoms. The fourth-order valence-electron chi connectivity index (χ4n) is 1.03. The minimum absolute atomic E-state index is 0.698. The van der Waals surface area contributed by atoms with Crippen molar-refractivity contribution in [2.45, 2.75) is 50.8 Å². The van der Waals surface area contributed by atoms with E-state index in [1.165, 1.54) is 32.1 Å². The van der Waals surface area contributed by atoms with Crippen molar-refractivity contribution >= 4 is 15.9 Å². The predicted octanol–water partition coefficient (Wildman–Crippen LogP) is 4.30. The van der Waals surface area contributed by atoms with E-state index in [4.69, 9.17) is 0 Å². The Hall–Kier alpha value is 0.220. The summed E-state index contributed by atoms with van der Waals surface area (Å²) in [6, 6.07) is 0. The van der Waals surface area contributed by atoms with E-state index in [0.717, 1.165) is 0 Å². The summed E-state index contributed by atoms with van der Waals surface area (Å²) < 4.78 is 0. The van der Waals surface area contributed by atoms with Crippen LogP contribution in [0.2, 0.25) is 0 Å². The van der Waals surface area contributed by atoms with Gasteiger partial charge in [0.05, 0.1) is 0 Å². The third-order valence-corrected chi connectivity index (χ3v) is 2.17. The molecule has 0 N–H and O–H groups in total. The first-order valence-electron chi connectivity index (χ1n) is 4.52. The zero-order valence-corrected chi connectivity index (χ0v) is 9.23. The highest BCUT2D eigenvalue weighted by Gasteiger charge is 1.93. The first kappa shape index (κ1) is 11.2. The van der Waals surface area contributed by atoms with E-state index in [1.54, 1.807) is 0 Å². The molecule has 0 spiro atoms. The van der Waals surface area contributed by atoms with Crippen LogP contribution in [0.1, 0.15) is 46.0 Å². The molecule has 0 aliphatic rings. The van der Waals surface area contributed by atoms with Crippen LogP contribution in [0.4, 0.5) is 0 Å². The molecule has 1 unspecified atom stereocenters. The molecule has 1 atom stereocenters. The highest BCUT2D eigenvalue weighted by Crippen LogP contribution is 2.10. The van der Waals surface area contributed by atoms with Crippen molar-refractivity contribution in [2.24, 2.45) is 0 Å². The van der Waals surface area contributed by atoms with Crippen molar-refractivity contribution in [2.75, 3.05) is 0 Å². The number of rotatable bonds is 6. The van der Waals surface area contributed by atoms with Crippen LogP contribution in [0.5, 0.6) is 0 Å². The minimum atomic E-state index is 0.698. The van der Waals surface area contributed by atoms with Crippen LogP contribution in [-0.4, -0.2) is 4.83 Å². The molecule has 0 nitrogen and oxygen atoms in total. The van der Waals surface area contributed by atoms with Crippen LogP contribution < -0.4 is 0 Å². The maximum atomic E-state index is 3.54. The summed E-state index contributed by atoms with van der Waals surface area (Å²) >= 11 is 3.54. The molecular formula is C10H19Br. The van der Waals surface area contributed by atoms with Gasteiger partial charge >= 0.3 is 0 Å². The van der Waals surface area contributed by atoms with Crippen LogP contribution in [0.3, 0.4) is 0 Å². The van der Waals surface area contributed by atoms with Gasteiger partial charge in [0.1, 0.15) is 0 Å². The van der Waals surface area contributed by atoms with Gasteiger partial charge in [0.2, 0.25) is 0 Å². The first-order chi connectivity index (χ1) is 5.27. The van der Waals surface area contributed by atoms with E-state index in [1.807, 2.05) is 0 Å². The lowest BCUT2D eigenvalue weighted by Gasteiger charge is -2.00. The molecule has 0 saturated carbocycles. The van der Waals surface area contributed by atoms with Crippen LogP contribution >= 0.6 is 15.9 Å². The number of unbranched alkanes of at least 4 members (excludes halogenated alkanes) is 3. The number of allylic oxidation sites excluding steroid dienone is 2. The maximum Gasteiger partial charge on any atom is 0.0117 e. The molecule has 66 valence electrons. The van der Waals surface area contributed by atoms with Crippen molar-refractivity contribution < 1.29 is 0 Å². The van der Waals surface area contributed by atoms with Gasteiger partial charge in [0, 0.05) is 4.83 Å². The highest BCUT2D eigenvalue weighted by atomic mass is 79.9. The van der Waals surface area contributed by atoms with E-state index in [-0.39, 0.29) is 0 Å². The summed E-state index contributed by atoms with van der Waals surface area (Å²) in [5.41, 5.74) is 0. The van der Waals surface area contributed by atoms with Crippen LogP contribution in [0.25, 0.3) is 0 Å². The Balaban J connectivity index is 2.91. The Labute approximate surface area is 79.2 Å². The van der Waals surface area contributed by atoms with Gasteiger partial charge in [0.15, 0.2) is 0 Å². The molecule has 0 aromatic heterocycles. The monoisotopic (exact) mass is 218 g/mol. The van der Waals surface area contributed by atoms with Crippen molar-refractivity contribution in [1.82, 2.24) is 0 Å². The quantitative estimate of drug-likeness (QED) is 0.355. The summed E-state index contributed by atoms with van der Waals surface area (Å²) in [4.78, 5) is 0.698. The molecule has 0 amide bonds. The number of hydrogen-bond acceptors (Lipinski definition) is 0. The smallest absolute Gasteiger partial charge is 0.0117 e. The molecule has 0 aliphatic heterocycles. The van der Waals surface area contributed by atoms with E-state index in [0.29, 0.717) is 4.83 Å². The Morgan fingerprint density at radius 2 is 2.00 bits per heavy atom. The van der Waals surface area contributed by atoms with Crippen LogP contribution in [0, 0.1) is 0 Å². The Bertz CT molecular complexity index is 95.0. The number of hydrogen-bond donors (Lipinski definition) is 0. The lowest BCUT2D eigenvalue weighted by molar-refractivity contribution is 0.647. The van der Waals surface area contributed by atoms with Gasteiger partial charge in [-0.2, -0.15) is 0 Å². The van der Waals surface area contributed by atoms with Gasteiger partial charge in [-0.15, -0.1) is 0 Å². The van der Waals surface area contributed by atoms with E-state index in [2.05, 4.69) is 41.9 Å². The SMILES string of the molecule is CC=CCCCCCC(C)Br. The van der Waals surface area contributed by atoms with Crippen LogP contribution in [0.15, 0.2) is 12.2 Å². The lowest BCUT2D eigenvalue weighted by Crippen LogP contribution is -1.88. The summed E-state index contributed by atoms with van der Waals surface area (Å²) in [5.74, 6) is 0. The van der Waals surface area contributed by atoms with Gasteiger partial charge in [-0.25, -0.2) is 0 Å².